The Morgan fingerprint density at radius 1 is 0.968 bits per heavy atom. The minimum absolute atomic E-state index is 0.0130. The van der Waals surface area contributed by atoms with Gasteiger partial charge in [-0.1, -0.05) is 54.6 Å². The van der Waals surface area contributed by atoms with Crippen molar-refractivity contribution in [3.05, 3.63) is 72.8 Å². The van der Waals surface area contributed by atoms with Crippen LogP contribution in [0.5, 0.6) is 0 Å². The molecule has 0 aliphatic heterocycles. The molecule has 1 N–H and O–H groups in total. The molecule has 2 aromatic carbocycles. The van der Waals surface area contributed by atoms with Crippen LogP contribution in [0.4, 0.5) is 4.79 Å². The zero-order chi connectivity index (χ0) is 22.2. The molecule has 3 aromatic rings. The predicted octanol–water partition coefficient (Wildman–Crippen LogP) is 3.75. The lowest BCUT2D eigenvalue weighted by molar-refractivity contribution is -0.158. The molecule has 2 atom stereocenters. The maximum Gasteiger partial charge on any atom is 0.408 e. The SMILES string of the molecule is CC(C)OC(=O)C(Cn1cncn1)OC(=O)N[C@@H](C)c1ccc(-c2ccccc2)cc1. The van der Waals surface area contributed by atoms with Crippen molar-refractivity contribution in [2.45, 2.75) is 45.6 Å². The van der Waals surface area contributed by atoms with Crippen LogP contribution < -0.4 is 5.32 Å². The molecule has 0 bridgehead atoms. The summed E-state index contributed by atoms with van der Waals surface area (Å²) < 4.78 is 12.0. The molecule has 31 heavy (non-hydrogen) atoms. The average molecular weight is 422 g/mol. The number of alkyl carbamates (subject to hydrolysis) is 1. The largest absolute Gasteiger partial charge is 0.460 e. The standard InChI is InChI=1S/C23H26N4O4/c1-16(2)30-22(28)21(13-27-15-24-14-25-27)31-23(29)26-17(3)18-9-11-20(12-10-18)19-7-5-4-6-8-19/h4-12,14-17,21H,13H2,1-3H3,(H,26,29)/t17-,21?/m0/s1. The number of hydrogen-bond donors (Lipinski definition) is 1. The molecule has 0 radical (unpaired) electrons. The molecule has 0 saturated carbocycles. The van der Waals surface area contributed by atoms with Crippen molar-refractivity contribution >= 4 is 12.1 Å². The van der Waals surface area contributed by atoms with E-state index in [9.17, 15) is 9.59 Å². The number of esters is 1. The summed E-state index contributed by atoms with van der Waals surface area (Å²) in [7, 11) is 0. The molecule has 0 fully saturated rings. The number of hydrogen-bond acceptors (Lipinski definition) is 6. The highest BCUT2D eigenvalue weighted by Gasteiger charge is 2.27. The van der Waals surface area contributed by atoms with Gasteiger partial charge in [0.1, 0.15) is 12.7 Å². The Kier molecular flexibility index (Phi) is 7.37. The molecule has 8 heteroatoms. The van der Waals surface area contributed by atoms with E-state index < -0.39 is 18.2 Å². The van der Waals surface area contributed by atoms with Gasteiger partial charge in [0.25, 0.3) is 0 Å². The second-order valence-corrected chi connectivity index (χ2v) is 7.35. The third-order valence-electron chi connectivity index (χ3n) is 4.54. The minimum Gasteiger partial charge on any atom is -0.460 e. The number of carbonyl (C=O) groups excluding carboxylic acids is 2. The fraction of sp³-hybridized carbons (Fsp3) is 0.304. The van der Waals surface area contributed by atoms with E-state index in [2.05, 4.69) is 15.4 Å². The number of ether oxygens (including phenoxy) is 2. The molecule has 0 saturated heterocycles. The van der Waals surface area contributed by atoms with Crippen molar-refractivity contribution in [3.63, 3.8) is 0 Å². The topological polar surface area (TPSA) is 95.3 Å². The van der Waals surface area contributed by atoms with E-state index in [1.54, 1.807) is 13.8 Å². The van der Waals surface area contributed by atoms with Crippen LogP contribution >= 0.6 is 0 Å². The van der Waals surface area contributed by atoms with Crippen molar-refractivity contribution in [3.8, 4) is 11.1 Å². The fourth-order valence-electron chi connectivity index (χ4n) is 2.98. The van der Waals surface area contributed by atoms with Gasteiger partial charge < -0.3 is 14.8 Å². The Hall–Kier alpha value is -3.68. The molecule has 1 heterocycles. The van der Waals surface area contributed by atoms with E-state index in [1.807, 2.05) is 61.5 Å². The maximum atomic E-state index is 12.5. The Morgan fingerprint density at radius 3 is 2.26 bits per heavy atom. The van der Waals surface area contributed by atoms with Crippen molar-refractivity contribution in [2.24, 2.45) is 0 Å². The molecular formula is C23H26N4O4. The van der Waals surface area contributed by atoms with Gasteiger partial charge in [-0.3, -0.25) is 0 Å². The number of amides is 1. The number of rotatable bonds is 8. The van der Waals surface area contributed by atoms with Gasteiger partial charge in [0.2, 0.25) is 6.10 Å². The molecule has 162 valence electrons. The summed E-state index contributed by atoms with van der Waals surface area (Å²) in [6, 6.07) is 17.6. The van der Waals surface area contributed by atoms with Crippen molar-refractivity contribution in [2.75, 3.05) is 0 Å². The first-order chi connectivity index (χ1) is 14.9. The lowest BCUT2D eigenvalue weighted by Gasteiger charge is -2.20. The first-order valence-electron chi connectivity index (χ1n) is 10.1. The summed E-state index contributed by atoms with van der Waals surface area (Å²) >= 11 is 0. The van der Waals surface area contributed by atoms with Crippen LogP contribution in [0.3, 0.4) is 0 Å². The first kappa shape index (κ1) is 22.0. The first-order valence-corrected chi connectivity index (χ1v) is 10.1. The van der Waals surface area contributed by atoms with Gasteiger partial charge >= 0.3 is 12.1 Å². The molecule has 0 aliphatic rings. The van der Waals surface area contributed by atoms with Gasteiger partial charge in [-0.05, 0) is 37.5 Å². The number of nitrogens with zero attached hydrogens (tertiary/aromatic N) is 3. The maximum absolute atomic E-state index is 12.5. The molecule has 1 unspecified atom stereocenters. The molecule has 8 nitrogen and oxygen atoms in total. The van der Waals surface area contributed by atoms with Gasteiger partial charge in [0.05, 0.1) is 18.7 Å². The highest BCUT2D eigenvalue weighted by molar-refractivity contribution is 5.79. The summed E-state index contributed by atoms with van der Waals surface area (Å²) in [5.41, 5.74) is 3.12. The van der Waals surface area contributed by atoms with Crippen LogP contribution in [-0.4, -0.2) is 39.0 Å². The molecule has 3 rings (SSSR count). The predicted molar refractivity (Wildman–Crippen MR) is 115 cm³/mol. The van der Waals surface area contributed by atoms with Crippen molar-refractivity contribution in [1.82, 2.24) is 20.1 Å². The van der Waals surface area contributed by atoms with Gasteiger partial charge in [-0.15, -0.1) is 0 Å². The number of benzene rings is 2. The number of nitrogens with one attached hydrogen (secondary N) is 1. The smallest absolute Gasteiger partial charge is 0.408 e. The number of aromatic nitrogens is 3. The van der Waals surface area contributed by atoms with Gasteiger partial charge in [0.15, 0.2) is 0 Å². The number of carbonyl (C=O) groups is 2. The van der Waals surface area contributed by atoms with Gasteiger partial charge in [-0.25, -0.2) is 19.3 Å². The summed E-state index contributed by atoms with van der Waals surface area (Å²) in [5, 5.41) is 6.71. The van der Waals surface area contributed by atoms with Crippen LogP contribution in [-0.2, 0) is 20.8 Å². The van der Waals surface area contributed by atoms with E-state index in [1.165, 1.54) is 17.3 Å². The van der Waals surface area contributed by atoms with Crippen LogP contribution in [0.1, 0.15) is 32.4 Å². The molecule has 1 amide bonds. The minimum atomic E-state index is -1.14. The second kappa shape index (κ2) is 10.4. The third kappa shape index (κ3) is 6.40. The summed E-state index contributed by atoms with van der Waals surface area (Å²) in [4.78, 5) is 28.6. The van der Waals surface area contributed by atoms with Gasteiger partial charge in [-0.2, -0.15) is 5.10 Å². The average Bonchev–Trinajstić information content (AvgIpc) is 3.26. The fourth-order valence-corrected chi connectivity index (χ4v) is 2.98. The summed E-state index contributed by atoms with van der Waals surface area (Å²) in [6.07, 6.45) is 0.585. The van der Waals surface area contributed by atoms with E-state index in [-0.39, 0.29) is 18.7 Å². The van der Waals surface area contributed by atoms with Crippen LogP contribution in [0.25, 0.3) is 11.1 Å². The van der Waals surface area contributed by atoms with Gasteiger partial charge in [0, 0.05) is 0 Å². The van der Waals surface area contributed by atoms with E-state index in [4.69, 9.17) is 9.47 Å². The molecule has 0 aliphatic carbocycles. The van der Waals surface area contributed by atoms with Crippen LogP contribution in [0.2, 0.25) is 0 Å². The van der Waals surface area contributed by atoms with E-state index in [0.717, 1.165) is 16.7 Å². The highest BCUT2D eigenvalue weighted by atomic mass is 16.6. The third-order valence-corrected chi connectivity index (χ3v) is 4.54. The lowest BCUT2D eigenvalue weighted by atomic mass is 10.0. The van der Waals surface area contributed by atoms with Crippen LogP contribution in [0.15, 0.2) is 67.3 Å². The Bertz CT molecular complexity index is 973. The Balaban J connectivity index is 1.62. The zero-order valence-electron chi connectivity index (χ0n) is 17.8. The quantitative estimate of drug-likeness (QED) is 0.556. The Morgan fingerprint density at radius 2 is 1.65 bits per heavy atom. The van der Waals surface area contributed by atoms with Crippen LogP contribution in [0, 0.1) is 0 Å². The van der Waals surface area contributed by atoms with Crippen molar-refractivity contribution in [1.29, 1.82) is 0 Å². The van der Waals surface area contributed by atoms with E-state index in [0.29, 0.717) is 0 Å². The Labute approximate surface area is 181 Å². The second-order valence-electron chi connectivity index (χ2n) is 7.35. The summed E-state index contributed by atoms with van der Waals surface area (Å²) in [5.74, 6) is -0.638. The molecule has 1 aromatic heterocycles. The summed E-state index contributed by atoms with van der Waals surface area (Å²) in [6.45, 7) is 5.31. The van der Waals surface area contributed by atoms with E-state index >= 15 is 0 Å². The zero-order valence-corrected chi connectivity index (χ0v) is 17.8. The molecular weight excluding hydrogens is 396 g/mol. The normalized spacial score (nSPS) is 12.8. The lowest BCUT2D eigenvalue weighted by Crippen LogP contribution is -2.38. The monoisotopic (exact) mass is 422 g/mol. The van der Waals surface area contributed by atoms with Crippen molar-refractivity contribution < 1.29 is 19.1 Å². The molecule has 0 spiro atoms. The highest BCUT2D eigenvalue weighted by Crippen LogP contribution is 2.22.